The number of aryl methyl sites for hydroxylation is 2. The van der Waals surface area contributed by atoms with E-state index in [-0.39, 0.29) is 0 Å². The Morgan fingerprint density at radius 2 is 2.00 bits per heavy atom. The van der Waals surface area contributed by atoms with Crippen LogP contribution in [0.5, 0.6) is 5.75 Å². The van der Waals surface area contributed by atoms with Gasteiger partial charge in [-0.1, -0.05) is 25.2 Å². The van der Waals surface area contributed by atoms with Crippen molar-refractivity contribution in [1.29, 1.82) is 0 Å². The van der Waals surface area contributed by atoms with E-state index in [0.29, 0.717) is 6.61 Å². The quantitative estimate of drug-likeness (QED) is 0.707. The summed E-state index contributed by atoms with van der Waals surface area (Å²) < 4.78 is 6.06. The van der Waals surface area contributed by atoms with Gasteiger partial charge in [0, 0.05) is 22.5 Å². The zero-order chi connectivity index (χ0) is 15.2. The van der Waals surface area contributed by atoms with Gasteiger partial charge in [-0.05, 0) is 58.4 Å². The molecule has 0 saturated carbocycles. The molecular weight excluding hydrogens is 258 g/mol. The minimum absolute atomic E-state index is 0.706. The van der Waals surface area contributed by atoms with Crippen molar-refractivity contribution in [2.75, 3.05) is 6.61 Å². The molecule has 0 unspecified atom stereocenters. The Bertz CT molecular complexity index is 555. The van der Waals surface area contributed by atoms with Crippen molar-refractivity contribution in [2.24, 2.45) is 0 Å². The van der Waals surface area contributed by atoms with E-state index in [1.54, 1.807) is 0 Å². The highest BCUT2D eigenvalue weighted by Crippen LogP contribution is 2.37. The molecule has 1 aliphatic carbocycles. The van der Waals surface area contributed by atoms with Gasteiger partial charge >= 0.3 is 0 Å². The van der Waals surface area contributed by atoms with Crippen molar-refractivity contribution in [3.8, 4) is 5.75 Å². The van der Waals surface area contributed by atoms with Gasteiger partial charge in [-0.25, -0.2) is 0 Å². The molecule has 114 valence electrons. The minimum atomic E-state index is 0.706. The van der Waals surface area contributed by atoms with Crippen LogP contribution in [-0.2, 0) is 12.8 Å². The fourth-order valence-corrected chi connectivity index (χ4v) is 3.04. The molecule has 2 rings (SSSR count). The Hall–Kier alpha value is -1.57. The molecule has 0 amide bonds. The molecule has 2 nitrogen and oxygen atoms in total. The van der Waals surface area contributed by atoms with Crippen LogP contribution in [-0.4, -0.2) is 11.6 Å². The molecule has 0 spiro atoms. The lowest BCUT2D eigenvalue weighted by atomic mass is 9.90. The van der Waals surface area contributed by atoms with E-state index >= 15 is 0 Å². The summed E-state index contributed by atoms with van der Waals surface area (Å²) in [5.74, 6) is 1.08. The fraction of sp³-hybridized carbons (Fsp3) is 0.526. The maximum atomic E-state index is 6.06. The summed E-state index contributed by atoms with van der Waals surface area (Å²) in [6, 6.07) is 0. The van der Waals surface area contributed by atoms with Crippen LogP contribution in [0.4, 0.5) is 0 Å². The molecule has 21 heavy (non-hydrogen) atoms. The first-order chi connectivity index (χ1) is 10.2. The van der Waals surface area contributed by atoms with Crippen molar-refractivity contribution in [1.82, 2.24) is 4.98 Å². The first-order valence-electron chi connectivity index (χ1n) is 8.21. The predicted molar refractivity (Wildman–Crippen MR) is 89.9 cm³/mol. The number of nitrogens with zero attached hydrogens (tertiary/aromatic N) is 1. The molecule has 0 saturated heterocycles. The van der Waals surface area contributed by atoms with Gasteiger partial charge in [0.15, 0.2) is 0 Å². The largest absolute Gasteiger partial charge is 0.493 e. The molecule has 0 bridgehead atoms. The predicted octanol–water partition coefficient (Wildman–Crippen LogP) is 5.04. The third-order valence-corrected chi connectivity index (χ3v) is 4.03. The molecule has 0 aliphatic heterocycles. The van der Waals surface area contributed by atoms with Crippen LogP contribution in [0.15, 0.2) is 18.2 Å². The first-order valence-corrected chi connectivity index (χ1v) is 8.21. The number of rotatable bonds is 5. The van der Waals surface area contributed by atoms with Crippen molar-refractivity contribution in [3.05, 3.63) is 40.7 Å². The second kappa shape index (κ2) is 7.44. The number of aromatic nitrogens is 1. The first kappa shape index (κ1) is 15.8. The fourth-order valence-electron chi connectivity index (χ4n) is 3.04. The maximum absolute atomic E-state index is 6.06. The summed E-state index contributed by atoms with van der Waals surface area (Å²) in [5, 5.41) is 0. The summed E-state index contributed by atoms with van der Waals surface area (Å²) in [4.78, 5) is 4.88. The van der Waals surface area contributed by atoms with Crippen LogP contribution >= 0.6 is 0 Å². The topological polar surface area (TPSA) is 22.1 Å². The average molecular weight is 285 g/mol. The van der Waals surface area contributed by atoms with Gasteiger partial charge in [0.25, 0.3) is 0 Å². The minimum Gasteiger partial charge on any atom is -0.493 e. The molecule has 0 fully saturated rings. The maximum Gasteiger partial charge on any atom is 0.133 e. The summed E-state index contributed by atoms with van der Waals surface area (Å²) >= 11 is 0. The van der Waals surface area contributed by atoms with Gasteiger partial charge in [-0.3, -0.25) is 4.98 Å². The number of ether oxygens (including phenoxy) is 1. The number of hydrogen-bond acceptors (Lipinski definition) is 2. The molecule has 1 aliphatic rings. The second-order valence-corrected chi connectivity index (χ2v) is 5.52. The van der Waals surface area contributed by atoms with Gasteiger partial charge in [-0.2, -0.15) is 0 Å². The number of allylic oxidation sites excluding steroid dienone is 4. The highest BCUT2D eigenvalue weighted by molar-refractivity contribution is 5.80. The van der Waals surface area contributed by atoms with E-state index in [4.69, 9.17) is 9.72 Å². The Balaban J connectivity index is 2.60. The van der Waals surface area contributed by atoms with Gasteiger partial charge < -0.3 is 4.74 Å². The number of fused-ring (bicyclic) bond motifs is 1. The van der Waals surface area contributed by atoms with Gasteiger partial charge in [-0.15, -0.1) is 0 Å². The van der Waals surface area contributed by atoms with E-state index in [2.05, 4.69) is 45.9 Å². The molecule has 0 aromatic carbocycles. The Kier molecular flexibility index (Phi) is 5.60. The molecule has 1 heterocycles. The van der Waals surface area contributed by atoms with E-state index in [1.165, 1.54) is 35.2 Å². The van der Waals surface area contributed by atoms with Crippen molar-refractivity contribution in [3.63, 3.8) is 0 Å². The molecule has 0 N–H and O–H groups in total. The monoisotopic (exact) mass is 285 g/mol. The van der Waals surface area contributed by atoms with Crippen LogP contribution in [0.3, 0.4) is 0 Å². The van der Waals surface area contributed by atoms with E-state index < -0.39 is 0 Å². The van der Waals surface area contributed by atoms with E-state index in [1.807, 2.05) is 0 Å². The number of pyridine rings is 1. The molecule has 1 aromatic rings. The Morgan fingerprint density at radius 1 is 1.24 bits per heavy atom. The van der Waals surface area contributed by atoms with E-state index in [9.17, 15) is 0 Å². The average Bonchev–Trinajstić information content (AvgIpc) is 2.50. The lowest BCUT2D eigenvalue weighted by Gasteiger charge is -2.23. The Labute approximate surface area is 128 Å². The van der Waals surface area contributed by atoms with Crippen molar-refractivity contribution >= 4 is 5.57 Å². The van der Waals surface area contributed by atoms with Gasteiger partial charge in [0.1, 0.15) is 5.75 Å². The van der Waals surface area contributed by atoms with E-state index in [0.717, 1.165) is 30.7 Å². The highest BCUT2D eigenvalue weighted by Gasteiger charge is 2.22. The summed E-state index contributed by atoms with van der Waals surface area (Å²) in [6.45, 7) is 9.12. The highest BCUT2D eigenvalue weighted by atomic mass is 16.5. The van der Waals surface area contributed by atoms with Crippen molar-refractivity contribution in [2.45, 2.75) is 59.8 Å². The van der Waals surface area contributed by atoms with Crippen LogP contribution in [0.2, 0.25) is 0 Å². The van der Waals surface area contributed by atoms with Crippen LogP contribution in [0.1, 0.15) is 62.5 Å². The van der Waals surface area contributed by atoms with Gasteiger partial charge in [0.05, 0.1) is 6.61 Å². The SMILES string of the molecule is C/C=C(\C=C/CC)c1c(C)nc2c(c1OCC)CCCC2. The molecule has 2 heteroatoms. The zero-order valence-corrected chi connectivity index (χ0v) is 13.8. The number of hydrogen-bond donors (Lipinski definition) is 0. The lowest BCUT2D eigenvalue weighted by molar-refractivity contribution is 0.332. The standard InChI is InChI=1S/C19H27NO/c1-5-8-11-15(6-2)18-14(4)20-17-13-10-9-12-16(17)19(18)21-7-3/h6,8,11H,5,7,9-10,12-13H2,1-4H3/b11-8-,15-6+. The summed E-state index contributed by atoms with van der Waals surface area (Å²) in [6.07, 6.45) is 12.3. The third kappa shape index (κ3) is 3.37. The molecular formula is C19H27NO. The van der Waals surface area contributed by atoms with Crippen LogP contribution in [0.25, 0.3) is 5.57 Å². The molecule has 1 aromatic heterocycles. The van der Waals surface area contributed by atoms with Gasteiger partial charge in [0.2, 0.25) is 0 Å². The zero-order valence-electron chi connectivity index (χ0n) is 13.8. The summed E-state index contributed by atoms with van der Waals surface area (Å²) in [7, 11) is 0. The lowest BCUT2D eigenvalue weighted by Crippen LogP contribution is -2.12. The third-order valence-electron chi connectivity index (χ3n) is 4.03. The molecule has 0 atom stereocenters. The smallest absolute Gasteiger partial charge is 0.133 e. The van der Waals surface area contributed by atoms with Crippen LogP contribution < -0.4 is 4.74 Å². The second-order valence-electron chi connectivity index (χ2n) is 5.52. The molecule has 0 radical (unpaired) electrons. The normalized spacial score (nSPS) is 15.3. The van der Waals surface area contributed by atoms with Crippen molar-refractivity contribution < 1.29 is 4.74 Å². The Morgan fingerprint density at radius 3 is 2.67 bits per heavy atom. The summed E-state index contributed by atoms with van der Waals surface area (Å²) in [5.41, 5.74) is 6.09. The van der Waals surface area contributed by atoms with Crippen LogP contribution in [0, 0.1) is 6.92 Å².